The predicted octanol–water partition coefficient (Wildman–Crippen LogP) is 3.62. The smallest absolute Gasteiger partial charge is 0.137 e. The Morgan fingerprint density at radius 1 is 1.39 bits per heavy atom. The lowest BCUT2D eigenvalue weighted by Crippen LogP contribution is -2.25. The van der Waals surface area contributed by atoms with E-state index < -0.39 is 0 Å². The van der Waals surface area contributed by atoms with Gasteiger partial charge in [0.2, 0.25) is 0 Å². The second kappa shape index (κ2) is 6.55. The minimum absolute atomic E-state index is 0.582. The number of nitrogens with zero attached hydrogens (tertiary/aromatic N) is 1. The van der Waals surface area contributed by atoms with Crippen LogP contribution < -0.4 is 5.32 Å². The van der Waals surface area contributed by atoms with Crippen LogP contribution in [0.15, 0.2) is 24.5 Å². The number of H-pyrrole nitrogens is 1. The fraction of sp³-hybridized carbons (Fsp3) is 0.533. The summed E-state index contributed by atoms with van der Waals surface area (Å²) in [7, 11) is 0. The van der Waals surface area contributed by atoms with Gasteiger partial charge < -0.3 is 10.3 Å². The van der Waals surface area contributed by atoms with Crippen LogP contribution in [0.3, 0.4) is 0 Å². The molecule has 0 fully saturated rings. The van der Waals surface area contributed by atoms with Crippen LogP contribution in [-0.2, 0) is 6.54 Å². The largest absolute Gasteiger partial charge is 0.346 e. The monoisotopic (exact) mass is 245 g/mol. The Balaban J connectivity index is 1.86. The predicted molar refractivity (Wildman–Crippen MR) is 76.5 cm³/mol. The van der Waals surface area contributed by atoms with E-state index in [1.807, 2.05) is 12.3 Å². The molecule has 0 aromatic carbocycles. The maximum Gasteiger partial charge on any atom is 0.137 e. The lowest BCUT2D eigenvalue weighted by molar-refractivity contribution is 0.488. The number of nitrogens with one attached hydrogen (secondary N) is 2. The van der Waals surface area contributed by atoms with E-state index in [0.29, 0.717) is 6.04 Å². The zero-order valence-electron chi connectivity index (χ0n) is 11.4. The van der Waals surface area contributed by atoms with Gasteiger partial charge in [-0.05, 0) is 31.0 Å². The Hall–Kier alpha value is -1.35. The van der Waals surface area contributed by atoms with Crippen LogP contribution in [-0.4, -0.2) is 16.0 Å². The Morgan fingerprint density at radius 3 is 3.11 bits per heavy atom. The topological polar surface area (TPSA) is 40.7 Å². The third-order valence-electron chi connectivity index (χ3n) is 3.42. The summed E-state index contributed by atoms with van der Waals surface area (Å²) in [6.07, 6.45) is 9.09. The summed E-state index contributed by atoms with van der Waals surface area (Å²) in [5, 5.41) is 4.82. The summed E-state index contributed by atoms with van der Waals surface area (Å²) >= 11 is 0. The molecule has 1 atom stereocenters. The van der Waals surface area contributed by atoms with Crippen molar-refractivity contribution in [2.24, 2.45) is 0 Å². The maximum atomic E-state index is 4.31. The fourth-order valence-electron chi connectivity index (χ4n) is 2.25. The van der Waals surface area contributed by atoms with E-state index in [4.69, 9.17) is 0 Å². The minimum atomic E-state index is 0.582. The van der Waals surface area contributed by atoms with Crippen molar-refractivity contribution in [2.45, 2.75) is 52.1 Å². The molecule has 18 heavy (non-hydrogen) atoms. The highest BCUT2D eigenvalue weighted by Gasteiger charge is 2.05. The first kappa shape index (κ1) is 13.1. The van der Waals surface area contributed by atoms with Crippen molar-refractivity contribution < 1.29 is 0 Å². The van der Waals surface area contributed by atoms with Gasteiger partial charge in [-0.15, -0.1) is 0 Å². The highest BCUT2D eigenvalue weighted by Crippen LogP contribution is 2.15. The molecular formula is C15H23N3. The van der Waals surface area contributed by atoms with Crippen molar-refractivity contribution in [1.82, 2.24) is 15.3 Å². The molecule has 2 N–H and O–H groups in total. The van der Waals surface area contributed by atoms with E-state index >= 15 is 0 Å². The average molecular weight is 245 g/mol. The van der Waals surface area contributed by atoms with E-state index in [1.54, 1.807) is 0 Å². The highest BCUT2D eigenvalue weighted by atomic mass is 14.9. The van der Waals surface area contributed by atoms with Crippen LogP contribution in [0.25, 0.3) is 11.0 Å². The summed E-state index contributed by atoms with van der Waals surface area (Å²) in [6, 6.07) is 4.69. The molecule has 2 rings (SSSR count). The van der Waals surface area contributed by atoms with Gasteiger partial charge in [0.15, 0.2) is 0 Å². The van der Waals surface area contributed by atoms with Gasteiger partial charge >= 0.3 is 0 Å². The summed E-state index contributed by atoms with van der Waals surface area (Å²) in [5.41, 5.74) is 2.29. The van der Waals surface area contributed by atoms with Gasteiger partial charge in [0, 0.05) is 30.4 Å². The molecule has 0 radical (unpaired) electrons. The van der Waals surface area contributed by atoms with Crippen molar-refractivity contribution in [3.05, 3.63) is 30.1 Å². The van der Waals surface area contributed by atoms with Gasteiger partial charge in [-0.1, -0.05) is 26.2 Å². The summed E-state index contributed by atoms with van der Waals surface area (Å²) < 4.78 is 0. The molecule has 0 aliphatic carbocycles. The summed E-state index contributed by atoms with van der Waals surface area (Å²) in [5.74, 6) is 0. The number of fused-ring (bicyclic) bond motifs is 1. The van der Waals surface area contributed by atoms with E-state index in [0.717, 1.165) is 12.2 Å². The zero-order valence-corrected chi connectivity index (χ0v) is 11.4. The highest BCUT2D eigenvalue weighted by molar-refractivity contribution is 5.79. The maximum absolute atomic E-state index is 4.31. The first-order chi connectivity index (χ1) is 8.81. The SMILES string of the molecule is CCCCCC(C)NCc1c[nH]c2ncccc12. The van der Waals surface area contributed by atoms with E-state index in [1.165, 1.54) is 36.6 Å². The zero-order chi connectivity index (χ0) is 12.8. The van der Waals surface area contributed by atoms with Crippen molar-refractivity contribution in [3.63, 3.8) is 0 Å². The Labute approximate surface area is 109 Å². The molecule has 0 aliphatic rings. The number of aromatic amines is 1. The number of hydrogen-bond acceptors (Lipinski definition) is 2. The first-order valence-corrected chi connectivity index (χ1v) is 6.95. The number of unbranched alkanes of at least 4 members (excludes halogenated alkanes) is 2. The van der Waals surface area contributed by atoms with Crippen LogP contribution in [0.2, 0.25) is 0 Å². The van der Waals surface area contributed by atoms with Crippen molar-refractivity contribution in [2.75, 3.05) is 0 Å². The van der Waals surface area contributed by atoms with Gasteiger partial charge in [-0.3, -0.25) is 0 Å². The molecule has 0 saturated heterocycles. The molecule has 3 nitrogen and oxygen atoms in total. The quantitative estimate of drug-likeness (QED) is 0.731. The molecule has 0 saturated carbocycles. The number of aromatic nitrogens is 2. The molecule has 2 heterocycles. The van der Waals surface area contributed by atoms with Gasteiger partial charge in [-0.25, -0.2) is 4.98 Å². The van der Waals surface area contributed by atoms with Gasteiger partial charge in [-0.2, -0.15) is 0 Å². The van der Waals surface area contributed by atoms with E-state index in [9.17, 15) is 0 Å². The Kier molecular flexibility index (Phi) is 4.76. The first-order valence-electron chi connectivity index (χ1n) is 6.95. The molecule has 2 aromatic rings. The molecule has 1 unspecified atom stereocenters. The van der Waals surface area contributed by atoms with Crippen LogP contribution in [0.5, 0.6) is 0 Å². The summed E-state index contributed by atoms with van der Waals surface area (Å²) in [6.45, 7) is 5.43. The minimum Gasteiger partial charge on any atom is -0.346 e. The van der Waals surface area contributed by atoms with Gasteiger partial charge in [0.25, 0.3) is 0 Å². The number of hydrogen-bond donors (Lipinski definition) is 2. The van der Waals surface area contributed by atoms with Gasteiger partial charge in [0.1, 0.15) is 5.65 Å². The van der Waals surface area contributed by atoms with Crippen LogP contribution in [0.4, 0.5) is 0 Å². The molecule has 0 aliphatic heterocycles. The molecule has 2 aromatic heterocycles. The fourth-order valence-corrected chi connectivity index (χ4v) is 2.25. The molecule has 0 spiro atoms. The van der Waals surface area contributed by atoms with E-state index in [2.05, 4.69) is 41.4 Å². The molecule has 0 amide bonds. The standard InChI is InChI=1S/C15H23N3/c1-3-4-5-7-12(2)17-10-13-11-18-15-14(13)8-6-9-16-15/h6,8-9,11-12,17H,3-5,7,10H2,1-2H3,(H,16,18). The van der Waals surface area contributed by atoms with Gasteiger partial charge in [0.05, 0.1) is 0 Å². The average Bonchev–Trinajstić information content (AvgIpc) is 2.80. The number of rotatable bonds is 7. The summed E-state index contributed by atoms with van der Waals surface area (Å²) in [4.78, 5) is 7.52. The molecule has 3 heteroatoms. The second-order valence-electron chi connectivity index (χ2n) is 4.99. The Morgan fingerprint density at radius 2 is 2.28 bits per heavy atom. The van der Waals surface area contributed by atoms with E-state index in [-0.39, 0.29) is 0 Å². The molecule has 0 bridgehead atoms. The number of pyridine rings is 1. The Bertz CT molecular complexity index is 475. The lowest BCUT2D eigenvalue weighted by atomic mass is 10.1. The van der Waals surface area contributed by atoms with Crippen LogP contribution >= 0.6 is 0 Å². The normalized spacial score (nSPS) is 13.0. The lowest BCUT2D eigenvalue weighted by Gasteiger charge is -2.12. The van der Waals surface area contributed by atoms with Crippen molar-refractivity contribution in [3.8, 4) is 0 Å². The third kappa shape index (κ3) is 3.33. The third-order valence-corrected chi connectivity index (χ3v) is 3.42. The van der Waals surface area contributed by atoms with Crippen molar-refractivity contribution >= 4 is 11.0 Å². The van der Waals surface area contributed by atoms with Crippen LogP contribution in [0.1, 0.15) is 45.1 Å². The second-order valence-corrected chi connectivity index (χ2v) is 4.99. The van der Waals surface area contributed by atoms with Crippen molar-refractivity contribution in [1.29, 1.82) is 0 Å². The molecular weight excluding hydrogens is 222 g/mol. The molecule has 98 valence electrons. The van der Waals surface area contributed by atoms with Crippen LogP contribution in [0, 0.1) is 0 Å².